The Morgan fingerprint density at radius 2 is 1.86 bits per heavy atom. The SMILES string of the molecule is CCCc1cn(S(=O)(=O)c2cccnc2)c2cc(-c3cccc(Cl)c3)ccc12. The van der Waals surface area contributed by atoms with Gasteiger partial charge in [-0.15, -0.1) is 0 Å². The number of rotatable bonds is 5. The van der Waals surface area contributed by atoms with Gasteiger partial charge in [0.1, 0.15) is 4.90 Å². The molecule has 0 aliphatic heterocycles. The van der Waals surface area contributed by atoms with Crippen LogP contribution >= 0.6 is 11.6 Å². The van der Waals surface area contributed by atoms with Crippen molar-refractivity contribution < 1.29 is 8.42 Å². The maximum atomic E-state index is 13.3. The molecule has 0 saturated heterocycles. The van der Waals surface area contributed by atoms with E-state index in [0.717, 1.165) is 34.9 Å². The van der Waals surface area contributed by atoms with Crippen molar-refractivity contribution in [3.05, 3.63) is 83.8 Å². The Hall–Kier alpha value is -2.63. The van der Waals surface area contributed by atoms with Crippen LogP contribution in [0.25, 0.3) is 22.0 Å². The molecular formula is C22H19ClN2O2S. The summed E-state index contributed by atoms with van der Waals surface area (Å²) >= 11 is 6.13. The van der Waals surface area contributed by atoms with Crippen molar-refractivity contribution in [2.45, 2.75) is 24.7 Å². The molecule has 4 nitrogen and oxygen atoms in total. The van der Waals surface area contributed by atoms with Crippen molar-refractivity contribution in [3.8, 4) is 11.1 Å². The van der Waals surface area contributed by atoms with Crippen LogP contribution in [0.15, 0.2) is 78.1 Å². The Balaban J connectivity index is 1.96. The van der Waals surface area contributed by atoms with Crippen molar-refractivity contribution >= 4 is 32.5 Å². The number of nitrogens with zero attached hydrogens (tertiary/aromatic N) is 2. The summed E-state index contributed by atoms with van der Waals surface area (Å²) in [5, 5.41) is 1.59. The molecule has 0 aliphatic rings. The van der Waals surface area contributed by atoms with Crippen LogP contribution in [0, 0.1) is 0 Å². The van der Waals surface area contributed by atoms with Crippen molar-refractivity contribution in [1.82, 2.24) is 8.96 Å². The number of benzene rings is 2. The van der Waals surface area contributed by atoms with Gasteiger partial charge in [-0.25, -0.2) is 12.4 Å². The summed E-state index contributed by atoms with van der Waals surface area (Å²) in [6, 6.07) is 16.6. The second-order valence-corrected chi connectivity index (χ2v) is 8.89. The van der Waals surface area contributed by atoms with E-state index in [4.69, 9.17) is 11.6 Å². The number of aryl methyl sites for hydroxylation is 1. The van der Waals surface area contributed by atoms with Gasteiger partial charge in [-0.1, -0.05) is 49.2 Å². The Labute approximate surface area is 169 Å². The quantitative estimate of drug-likeness (QED) is 0.433. The van der Waals surface area contributed by atoms with E-state index in [1.54, 1.807) is 24.5 Å². The molecule has 0 spiro atoms. The molecule has 0 aliphatic carbocycles. The Morgan fingerprint density at radius 1 is 1.04 bits per heavy atom. The minimum absolute atomic E-state index is 0.170. The molecule has 0 fully saturated rings. The third-order valence-corrected chi connectivity index (χ3v) is 6.62. The monoisotopic (exact) mass is 410 g/mol. The van der Waals surface area contributed by atoms with Crippen LogP contribution in [0.3, 0.4) is 0 Å². The van der Waals surface area contributed by atoms with E-state index in [9.17, 15) is 8.42 Å². The van der Waals surface area contributed by atoms with Gasteiger partial charge in [-0.05, 0) is 53.4 Å². The Bertz CT molecular complexity index is 1250. The average Bonchev–Trinajstić information content (AvgIpc) is 3.08. The first-order valence-electron chi connectivity index (χ1n) is 9.06. The molecule has 0 atom stereocenters. The lowest BCUT2D eigenvalue weighted by molar-refractivity contribution is 0.588. The number of aromatic nitrogens is 2. The molecule has 4 rings (SSSR count). The topological polar surface area (TPSA) is 52.0 Å². The Morgan fingerprint density at radius 3 is 2.57 bits per heavy atom. The molecule has 142 valence electrons. The van der Waals surface area contributed by atoms with E-state index in [-0.39, 0.29) is 4.90 Å². The zero-order valence-electron chi connectivity index (χ0n) is 15.3. The lowest BCUT2D eigenvalue weighted by Gasteiger charge is -2.09. The maximum Gasteiger partial charge on any atom is 0.269 e. The van der Waals surface area contributed by atoms with Crippen molar-refractivity contribution in [2.24, 2.45) is 0 Å². The molecule has 4 aromatic rings. The summed E-state index contributed by atoms with van der Waals surface area (Å²) in [5.74, 6) is 0. The van der Waals surface area contributed by atoms with Crippen LogP contribution < -0.4 is 0 Å². The van der Waals surface area contributed by atoms with Crippen LogP contribution in [-0.4, -0.2) is 17.4 Å². The van der Waals surface area contributed by atoms with E-state index in [1.807, 2.05) is 42.5 Å². The summed E-state index contributed by atoms with van der Waals surface area (Å²) in [7, 11) is -3.74. The highest BCUT2D eigenvalue weighted by Crippen LogP contribution is 2.31. The molecule has 0 radical (unpaired) electrons. The molecule has 6 heteroatoms. The molecular weight excluding hydrogens is 392 g/mol. The molecule has 0 amide bonds. The van der Waals surface area contributed by atoms with Crippen molar-refractivity contribution in [2.75, 3.05) is 0 Å². The Kier molecular flexibility index (Phi) is 4.96. The number of hydrogen-bond acceptors (Lipinski definition) is 3. The maximum absolute atomic E-state index is 13.3. The fourth-order valence-corrected chi connectivity index (χ4v) is 4.93. The summed E-state index contributed by atoms with van der Waals surface area (Å²) in [6.07, 6.45) is 6.41. The molecule has 2 aromatic heterocycles. The van der Waals surface area contributed by atoms with E-state index < -0.39 is 10.0 Å². The van der Waals surface area contributed by atoms with Gasteiger partial charge in [0.25, 0.3) is 10.0 Å². The van der Waals surface area contributed by atoms with Crippen molar-refractivity contribution in [1.29, 1.82) is 0 Å². The van der Waals surface area contributed by atoms with Gasteiger partial charge < -0.3 is 0 Å². The van der Waals surface area contributed by atoms with E-state index in [1.165, 1.54) is 10.2 Å². The molecule has 2 aromatic carbocycles. The van der Waals surface area contributed by atoms with Gasteiger partial charge in [-0.2, -0.15) is 0 Å². The van der Waals surface area contributed by atoms with Gasteiger partial charge >= 0.3 is 0 Å². The second kappa shape index (κ2) is 7.41. The van der Waals surface area contributed by atoms with E-state index >= 15 is 0 Å². The van der Waals surface area contributed by atoms with Crippen molar-refractivity contribution in [3.63, 3.8) is 0 Å². The number of halogens is 1. The molecule has 0 bridgehead atoms. The zero-order valence-corrected chi connectivity index (χ0v) is 16.9. The minimum atomic E-state index is -3.74. The lowest BCUT2D eigenvalue weighted by Crippen LogP contribution is -2.12. The molecule has 28 heavy (non-hydrogen) atoms. The second-order valence-electron chi connectivity index (χ2n) is 6.64. The number of pyridine rings is 1. The number of fused-ring (bicyclic) bond motifs is 1. The summed E-state index contributed by atoms with van der Waals surface area (Å²) in [4.78, 5) is 4.14. The largest absolute Gasteiger partial charge is 0.269 e. The summed E-state index contributed by atoms with van der Waals surface area (Å²) in [6.45, 7) is 2.08. The standard InChI is InChI=1S/C22H19ClN2O2S/c1-2-5-18-15-25(28(26,27)20-8-4-11-24-14-20)22-13-17(9-10-21(18)22)16-6-3-7-19(23)12-16/h3-4,6-15H,2,5H2,1H3. The predicted octanol–water partition coefficient (Wildman–Crippen LogP) is 5.55. The van der Waals surface area contributed by atoms with E-state index in [0.29, 0.717) is 10.5 Å². The zero-order chi connectivity index (χ0) is 19.7. The molecule has 0 saturated carbocycles. The summed E-state index contributed by atoms with van der Waals surface area (Å²) in [5.41, 5.74) is 3.53. The van der Waals surface area contributed by atoms with Crippen LogP contribution in [-0.2, 0) is 16.4 Å². The first-order valence-corrected chi connectivity index (χ1v) is 10.9. The summed E-state index contributed by atoms with van der Waals surface area (Å²) < 4.78 is 27.9. The first kappa shape index (κ1) is 18.7. The fourth-order valence-electron chi connectivity index (χ4n) is 3.39. The fraction of sp³-hybridized carbons (Fsp3) is 0.136. The van der Waals surface area contributed by atoms with Crippen LogP contribution in [0.5, 0.6) is 0 Å². The van der Waals surface area contributed by atoms with Crippen LogP contribution in [0.1, 0.15) is 18.9 Å². The van der Waals surface area contributed by atoms with Crippen LogP contribution in [0.2, 0.25) is 5.02 Å². The highest BCUT2D eigenvalue weighted by atomic mass is 35.5. The number of hydrogen-bond donors (Lipinski definition) is 0. The predicted molar refractivity (Wildman–Crippen MR) is 113 cm³/mol. The van der Waals surface area contributed by atoms with Gasteiger partial charge in [0.15, 0.2) is 0 Å². The average molecular weight is 411 g/mol. The van der Waals surface area contributed by atoms with Gasteiger partial charge in [0.2, 0.25) is 0 Å². The van der Waals surface area contributed by atoms with E-state index in [2.05, 4.69) is 11.9 Å². The lowest BCUT2D eigenvalue weighted by atomic mass is 10.0. The smallest absolute Gasteiger partial charge is 0.263 e. The first-order chi connectivity index (χ1) is 13.5. The van der Waals surface area contributed by atoms with Gasteiger partial charge in [-0.3, -0.25) is 4.98 Å². The van der Waals surface area contributed by atoms with Crippen LogP contribution in [0.4, 0.5) is 0 Å². The normalized spacial score (nSPS) is 11.8. The molecule has 0 N–H and O–H groups in total. The third-order valence-electron chi connectivity index (χ3n) is 4.72. The minimum Gasteiger partial charge on any atom is -0.263 e. The highest BCUT2D eigenvalue weighted by Gasteiger charge is 2.21. The molecule has 2 heterocycles. The van der Waals surface area contributed by atoms with Gasteiger partial charge in [0.05, 0.1) is 5.52 Å². The molecule has 0 unspecified atom stereocenters. The third kappa shape index (κ3) is 3.32. The highest BCUT2D eigenvalue weighted by molar-refractivity contribution is 7.90. The van der Waals surface area contributed by atoms with Gasteiger partial charge in [0, 0.05) is 29.0 Å².